The van der Waals surface area contributed by atoms with Crippen molar-refractivity contribution < 1.29 is 26.4 Å². The normalized spacial score (nSPS) is 15.8. The Balaban J connectivity index is 1.51. The van der Waals surface area contributed by atoms with Crippen LogP contribution in [0.4, 0.5) is 8.78 Å². The number of furan rings is 1. The molecule has 6 nitrogen and oxygen atoms in total. The van der Waals surface area contributed by atoms with Crippen molar-refractivity contribution in [2.75, 3.05) is 26.2 Å². The first-order chi connectivity index (χ1) is 13.8. The molecular weight excluding hydrogens is 402 g/mol. The number of halogens is 2. The minimum atomic E-state index is -4.12. The van der Waals surface area contributed by atoms with E-state index in [0.717, 1.165) is 27.4 Å². The summed E-state index contributed by atoms with van der Waals surface area (Å²) in [5.41, 5.74) is 1.34. The molecule has 1 fully saturated rings. The smallest absolute Gasteiger partial charge is 0.289 e. The maximum atomic E-state index is 14.0. The molecule has 0 spiro atoms. The molecule has 0 N–H and O–H groups in total. The maximum Gasteiger partial charge on any atom is 0.289 e. The third-order valence-electron chi connectivity index (χ3n) is 5.08. The highest BCUT2D eigenvalue weighted by molar-refractivity contribution is 7.89. The van der Waals surface area contributed by atoms with E-state index in [-0.39, 0.29) is 37.8 Å². The number of fused-ring (bicyclic) bond motifs is 1. The van der Waals surface area contributed by atoms with Gasteiger partial charge < -0.3 is 9.32 Å². The first-order valence-corrected chi connectivity index (χ1v) is 10.5. The van der Waals surface area contributed by atoms with Crippen molar-refractivity contribution in [2.24, 2.45) is 0 Å². The van der Waals surface area contributed by atoms with E-state index in [0.29, 0.717) is 11.6 Å². The summed E-state index contributed by atoms with van der Waals surface area (Å²) in [4.78, 5) is 13.8. The van der Waals surface area contributed by atoms with E-state index in [9.17, 15) is 22.0 Å². The number of carbonyl (C=O) groups excluding carboxylic acids is 1. The van der Waals surface area contributed by atoms with E-state index in [4.69, 9.17) is 4.42 Å². The Morgan fingerprint density at radius 3 is 2.38 bits per heavy atom. The summed E-state index contributed by atoms with van der Waals surface area (Å²) in [6.45, 7) is 2.08. The zero-order valence-electron chi connectivity index (χ0n) is 15.6. The van der Waals surface area contributed by atoms with Crippen LogP contribution in [0.25, 0.3) is 11.0 Å². The van der Waals surface area contributed by atoms with Gasteiger partial charge in [0, 0.05) is 43.2 Å². The van der Waals surface area contributed by atoms with Gasteiger partial charge in [0.2, 0.25) is 10.0 Å². The number of para-hydroxylation sites is 1. The van der Waals surface area contributed by atoms with Crippen LogP contribution in [0.3, 0.4) is 0 Å². The van der Waals surface area contributed by atoms with Crippen LogP contribution >= 0.6 is 0 Å². The van der Waals surface area contributed by atoms with Crippen LogP contribution < -0.4 is 0 Å². The minimum absolute atomic E-state index is 0.00413. The van der Waals surface area contributed by atoms with Crippen LogP contribution in [0, 0.1) is 18.6 Å². The van der Waals surface area contributed by atoms with Crippen LogP contribution in [-0.4, -0.2) is 49.7 Å². The maximum absolute atomic E-state index is 14.0. The summed E-state index contributed by atoms with van der Waals surface area (Å²) >= 11 is 0. The molecule has 2 aromatic carbocycles. The number of hydrogen-bond donors (Lipinski definition) is 0. The highest BCUT2D eigenvalue weighted by Crippen LogP contribution is 2.27. The second-order valence-electron chi connectivity index (χ2n) is 6.82. The van der Waals surface area contributed by atoms with Crippen molar-refractivity contribution in [1.29, 1.82) is 0 Å². The zero-order chi connectivity index (χ0) is 20.8. The van der Waals surface area contributed by atoms with Gasteiger partial charge >= 0.3 is 0 Å². The molecule has 0 radical (unpaired) electrons. The van der Waals surface area contributed by atoms with Gasteiger partial charge in [-0.05, 0) is 25.1 Å². The van der Waals surface area contributed by atoms with Crippen LogP contribution in [0.15, 0.2) is 51.8 Å². The molecule has 1 saturated heterocycles. The molecule has 0 saturated carbocycles. The van der Waals surface area contributed by atoms with E-state index in [1.165, 1.54) is 4.90 Å². The number of nitrogens with zero attached hydrogens (tertiary/aromatic N) is 2. The summed E-state index contributed by atoms with van der Waals surface area (Å²) in [7, 11) is -4.12. The Labute approximate surface area is 166 Å². The SMILES string of the molecule is Cc1c(C(=O)N2CCN(S(=O)(=O)c3ccc(F)cc3F)CC2)oc2ccccc12. The number of amides is 1. The van der Waals surface area contributed by atoms with Crippen molar-refractivity contribution in [1.82, 2.24) is 9.21 Å². The molecule has 1 aliphatic heterocycles. The molecule has 0 bridgehead atoms. The van der Waals surface area contributed by atoms with Gasteiger partial charge in [0.05, 0.1) is 0 Å². The quantitative estimate of drug-likeness (QED) is 0.653. The Kier molecular flexibility index (Phi) is 4.87. The Hall–Kier alpha value is -2.78. The van der Waals surface area contributed by atoms with Crippen molar-refractivity contribution in [2.45, 2.75) is 11.8 Å². The van der Waals surface area contributed by atoms with Gasteiger partial charge in [-0.2, -0.15) is 4.31 Å². The van der Waals surface area contributed by atoms with Gasteiger partial charge in [-0.25, -0.2) is 17.2 Å². The first-order valence-electron chi connectivity index (χ1n) is 9.01. The van der Waals surface area contributed by atoms with Crippen molar-refractivity contribution >= 4 is 26.9 Å². The summed E-state index contributed by atoms with van der Waals surface area (Å²) < 4.78 is 59.2. The molecule has 1 amide bonds. The lowest BCUT2D eigenvalue weighted by Gasteiger charge is -2.33. The number of rotatable bonds is 3. The fourth-order valence-corrected chi connectivity index (χ4v) is 4.94. The van der Waals surface area contributed by atoms with Crippen molar-refractivity contribution in [3.63, 3.8) is 0 Å². The molecule has 0 unspecified atom stereocenters. The lowest BCUT2D eigenvalue weighted by molar-refractivity contribution is 0.0667. The monoisotopic (exact) mass is 420 g/mol. The Bertz CT molecular complexity index is 1200. The third kappa shape index (κ3) is 3.40. The van der Waals surface area contributed by atoms with E-state index in [1.807, 2.05) is 18.2 Å². The second-order valence-corrected chi connectivity index (χ2v) is 8.73. The molecule has 1 aromatic heterocycles. The summed E-state index contributed by atoms with van der Waals surface area (Å²) in [6.07, 6.45) is 0. The molecule has 1 aliphatic rings. The van der Waals surface area contributed by atoms with Crippen molar-refractivity contribution in [3.8, 4) is 0 Å². The molecule has 29 heavy (non-hydrogen) atoms. The predicted molar refractivity (Wildman–Crippen MR) is 102 cm³/mol. The first kappa shape index (κ1) is 19.5. The summed E-state index contributed by atoms with van der Waals surface area (Å²) in [5, 5.41) is 0.851. The molecular formula is C20H18F2N2O4S. The molecule has 152 valence electrons. The molecule has 3 aromatic rings. The highest BCUT2D eigenvalue weighted by atomic mass is 32.2. The third-order valence-corrected chi connectivity index (χ3v) is 7.01. The van der Waals surface area contributed by atoms with Gasteiger partial charge in [-0.15, -0.1) is 0 Å². The highest BCUT2D eigenvalue weighted by Gasteiger charge is 2.33. The number of benzene rings is 2. The Morgan fingerprint density at radius 1 is 1.03 bits per heavy atom. The standard InChI is InChI=1S/C20H18F2N2O4S/c1-13-15-4-2-3-5-17(15)28-19(13)20(25)23-8-10-24(11-9-23)29(26,27)18-7-6-14(21)12-16(18)22/h2-7,12H,8-11H2,1H3. The van der Waals surface area contributed by atoms with E-state index < -0.39 is 26.6 Å². The van der Waals surface area contributed by atoms with Gasteiger partial charge in [0.25, 0.3) is 5.91 Å². The van der Waals surface area contributed by atoms with Crippen LogP contribution in [0.2, 0.25) is 0 Å². The van der Waals surface area contributed by atoms with Crippen LogP contribution in [-0.2, 0) is 10.0 Å². The number of hydrogen-bond acceptors (Lipinski definition) is 4. The Morgan fingerprint density at radius 2 is 1.72 bits per heavy atom. The fourth-order valence-electron chi connectivity index (χ4n) is 3.48. The molecule has 0 aliphatic carbocycles. The summed E-state index contributed by atoms with van der Waals surface area (Å²) in [5.74, 6) is -2.07. The van der Waals surface area contributed by atoms with Gasteiger partial charge in [-0.1, -0.05) is 18.2 Å². The number of carbonyl (C=O) groups is 1. The zero-order valence-corrected chi connectivity index (χ0v) is 16.4. The predicted octanol–water partition coefficient (Wildman–Crippen LogP) is 3.17. The number of sulfonamides is 1. The van der Waals surface area contributed by atoms with Crippen LogP contribution in [0.5, 0.6) is 0 Å². The van der Waals surface area contributed by atoms with Gasteiger partial charge in [0.1, 0.15) is 22.1 Å². The average molecular weight is 420 g/mol. The van der Waals surface area contributed by atoms with Crippen LogP contribution in [0.1, 0.15) is 16.1 Å². The average Bonchev–Trinajstić information content (AvgIpc) is 3.04. The topological polar surface area (TPSA) is 70.8 Å². The fraction of sp³-hybridized carbons (Fsp3) is 0.250. The minimum Gasteiger partial charge on any atom is -0.451 e. The van der Waals surface area contributed by atoms with Gasteiger partial charge in [0.15, 0.2) is 5.76 Å². The lowest BCUT2D eigenvalue weighted by atomic mass is 10.1. The van der Waals surface area contributed by atoms with Gasteiger partial charge in [-0.3, -0.25) is 4.79 Å². The second kappa shape index (κ2) is 7.23. The number of piperazine rings is 1. The van der Waals surface area contributed by atoms with E-state index >= 15 is 0 Å². The largest absolute Gasteiger partial charge is 0.451 e. The van der Waals surface area contributed by atoms with E-state index in [1.54, 1.807) is 13.0 Å². The van der Waals surface area contributed by atoms with E-state index in [2.05, 4.69) is 0 Å². The molecule has 2 heterocycles. The lowest BCUT2D eigenvalue weighted by Crippen LogP contribution is -2.50. The number of aryl methyl sites for hydroxylation is 1. The molecule has 4 rings (SSSR count). The summed E-state index contributed by atoms with van der Waals surface area (Å²) in [6, 6.07) is 9.68. The molecule has 0 atom stereocenters. The van der Waals surface area contributed by atoms with Crippen molar-refractivity contribution in [3.05, 3.63) is 65.4 Å². The molecule has 9 heteroatoms.